The van der Waals surface area contributed by atoms with E-state index in [0.29, 0.717) is 37.1 Å². The number of aromatic nitrogens is 1. The standard InChI is InChI=1S/C30H34N2O2/c1-21-7-9-24(10-8-21)30(13-16-34-17-14-30)29(33)32-25-11-12-26(32)20-22(19-25)18-23-4-2-6-28-27(23)5-3-15-31-28/h2-10,15,22,25-26H,11-14,16-20H2,1H3. The van der Waals surface area contributed by atoms with Crippen molar-refractivity contribution < 1.29 is 9.53 Å². The van der Waals surface area contributed by atoms with E-state index in [1.165, 1.54) is 22.1 Å². The van der Waals surface area contributed by atoms with Crippen molar-refractivity contribution in [2.75, 3.05) is 13.2 Å². The minimum absolute atomic E-state index is 0.361. The number of ether oxygens (including phenoxy) is 1. The molecule has 1 aromatic heterocycles. The first-order valence-corrected chi connectivity index (χ1v) is 12.9. The minimum Gasteiger partial charge on any atom is -0.381 e. The van der Waals surface area contributed by atoms with Crippen LogP contribution in [-0.4, -0.2) is 41.1 Å². The molecule has 1 amide bonds. The maximum absolute atomic E-state index is 14.3. The van der Waals surface area contributed by atoms with Gasteiger partial charge in [-0.25, -0.2) is 0 Å². The summed E-state index contributed by atoms with van der Waals surface area (Å²) in [4.78, 5) is 21.2. The first-order valence-electron chi connectivity index (χ1n) is 12.9. The Bertz CT molecular complexity index is 1160. The van der Waals surface area contributed by atoms with Crippen LogP contribution in [0.5, 0.6) is 0 Å². The van der Waals surface area contributed by atoms with Gasteiger partial charge in [-0.1, -0.05) is 48.0 Å². The van der Waals surface area contributed by atoms with Gasteiger partial charge in [0.2, 0.25) is 5.91 Å². The molecule has 34 heavy (non-hydrogen) atoms. The quantitative estimate of drug-likeness (QED) is 0.515. The lowest BCUT2D eigenvalue weighted by Gasteiger charge is -2.46. The molecule has 4 nitrogen and oxygen atoms in total. The summed E-state index contributed by atoms with van der Waals surface area (Å²) in [5.74, 6) is 0.984. The second-order valence-corrected chi connectivity index (χ2v) is 10.7. The van der Waals surface area contributed by atoms with Crippen molar-refractivity contribution in [3.8, 4) is 0 Å². The predicted molar refractivity (Wildman–Crippen MR) is 135 cm³/mol. The molecule has 3 aromatic rings. The van der Waals surface area contributed by atoms with Crippen LogP contribution in [0.3, 0.4) is 0 Å². The molecule has 0 spiro atoms. The molecular formula is C30H34N2O2. The van der Waals surface area contributed by atoms with Gasteiger partial charge in [-0.3, -0.25) is 9.78 Å². The second-order valence-electron chi connectivity index (χ2n) is 10.7. The first-order chi connectivity index (χ1) is 16.6. The van der Waals surface area contributed by atoms with Gasteiger partial charge in [-0.05, 0) is 81.0 Å². The van der Waals surface area contributed by atoms with Crippen molar-refractivity contribution in [1.29, 1.82) is 0 Å². The number of amides is 1. The van der Waals surface area contributed by atoms with Crippen LogP contribution < -0.4 is 0 Å². The average Bonchev–Trinajstić information content (AvgIpc) is 3.14. The Morgan fingerprint density at radius 3 is 2.47 bits per heavy atom. The van der Waals surface area contributed by atoms with E-state index >= 15 is 0 Å². The average molecular weight is 455 g/mol. The lowest BCUT2D eigenvalue weighted by atomic mass is 9.71. The van der Waals surface area contributed by atoms with Crippen molar-refractivity contribution in [1.82, 2.24) is 9.88 Å². The van der Waals surface area contributed by atoms with Crippen LogP contribution in [0, 0.1) is 12.8 Å². The Kier molecular flexibility index (Phi) is 5.65. The molecule has 6 rings (SSSR count). The van der Waals surface area contributed by atoms with Gasteiger partial charge < -0.3 is 9.64 Å². The lowest BCUT2D eigenvalue weighted by Crippen LogP contribution is -2.56. The second kappa shape index (κ2) is 8.81. The molecule has 4 heterocycles. The number of carbonyl (C=O) groups is 1. The number of aryl methyl sites for hydroxylation is 1. The molecule has 0 saturated carbocycles. The molecule has 2 atom stereocenters. The predicted octanol–water partition coefficient (Wildman–Crippen LogP) is 5.60. The Morgan fingerprint density at radius 1 is 1.00 bits per heavy atom. The highest BCUT2D eigenvalue weighted by Crippen LogP contribution is 2.45. The van der Waals surface area contributed by atoms with E-state index in [2.05, 4.69) is 65.3 Å². The highest BCUT2D eigenvalue weighted by Gasteiger charge is 2.51. The van der Waals surface area contributed by atoms with Crippen LogP contribution >= 0.6 is 0 Å². The van der Waals surface area contributed by atoms with Crippen molar-refractivity contribution in [3.63, 3.8) is 0 Å². The monoisotopic (exact) mass is 454 g/mol. The van der Waals surface area contributed by atoms with Crippen LogP contribution in [0.15, 0.2) is 60.8 Å². The van der Waals surface area contributed by atoms with Gasteiger partial charge in [0.15, 0.2) is 0 Å². The minimum atomic E-state index is -0.430. The summed E-state index contributed by atoms with van der Waals surface area (Å²) in [6.07, 6.45) is 9.04. The molecule has 3 aliphatic rings. The van der Waals surface area contributed by atoms with Gasteiger partial charge in [0.05, 0.1) is 10.9 Å². The summed E-state index contributed by atoms with van der Waals surface area (Å²) in [5, 5.41) is 1.27. The molecule has 3 fully saturated rings. The van der Waals surface area contributed by atoms with Gasteiger partial charge in [0, 0.05) is 36.9 Å². The zero-order valence-electron chi connectivity index (χ0n) is 20.1. The maximum atomic E-state index is 14.3. The first kappa shape index (κ1) is 21.8. The van der Waals surface area contributed by atoms with Crippen LogP contribution in [-0.2, 0) is 21.4 Å². The van der Waals surface area contributed by atoms with Gasteiger partial charge in [-0.2, -0.15) is 0 Å². The number of hydrogen-bond acceptors (Lipinski definition) is 3. The molecular weight excluding hydrogens is 420 g/mol. The highest BCUT2D eigenvalue weighted by molar-refractivity contribution is 5.89. The third-order valence-electron chi connectivity index (χ3n) is 8.67. The largest absolute Gasteiger partial charge is 0.381 e. The summed E-state index contributed by atoms with van der Waals surface area (Å²) in [7, 11) is 0. The normalized spacial score (nSPS) is 26.0. The lowest BCUT2D eigenvalue weighted by molar-refractivity contribution is -0.146. The molecule has 4 heteroatoms. The third kappa shape index (κ3) is 3.73. The van der Waals surface area contributed by atoms with E-state index in [1.54, 1.807) is 0 Å². The fraction of sp³-hybridized carbons (Fsp3) is 0.467. The van der Waals surface area contributed by atoms with E-state index < -0.39 is 5.41 Å². The van der Waals surface area contributed by atoms with Crippen LogP contribution in [0.25, 0.3) is 10.9 Å². The highest BCUT2D eigenvalue weighted by atomic mass is 16.5. The van der Waals surface area contributed by atoms with E-state index in [-0.39, 0.29) is 0 Å². The van der Waals surface area contributed by atoms with Crippen molar-refractivity contribution in [2.24, 2.45) is 5.92 Å². The summed E-state index contributed by atoms with van der Waals surface area (Å²) in [6.45, 7) is 3.44. The van der Waals surface area contributed by atoms with Gasteiger partial charge in [-0.15, -0.1) is 0 Å². The number of pyridine rings is 1. The Labute approximate surface area is 202 Å². The number of carbonyl (C=O) groups excluding carboxylic acids is 1. The van der Waals surface area contributed by atoms with Crippen molar-refractivity contribution >= 4 is 16.8 Å². The van der Waals surface area contributed by atoms with Gasteiger partial charge in [0.1, 0.15) is 0 Å². The maximum Gasteiger partial charge on any atom is 0.233 e. The molecule has 176 valence electrons. The van der Waals surface area contributed by atoms with Gasteiger partial charge in [0.25, 0.3) is 0 Å². The fourth-order valence-electron chi connectivity index (χ4n) is 6.91. The summed E-state index contributed by atoms with van der Waals surface area (Å²) < 4.78 is 5.72. The number of piperidine rings is 1. The Hall–Kier alpha value is -2.72. The van der Waals surface area contributed by atoms with E-state index in [4.69, 9.17) is 4.74 Å². The smallest absolute Gasteiger partial charge is 0.233 e. The summed E-state index contributed by atoms with van der Waals surface area (Å²) in [6, 6.07) is 20.1. The fourth-order valence-corrected chi connectivity index (χ4v) is 6.91. The Balaban J connectivity index is 1.24. The van der Waals surface area contributed by atoms with E-state index in [9.17, 15) is 4.79 Å². The Morgan fingerprint density at radius 2 is 1.74 bits per heavy atom. The molecule has 0 aliphatic carbocycles. The molecule has 0 N–H and O–H groups in total. The zero-order chi connectivity index (χ0) is 23.1. The van der Waals surface area contributed by atoms with Gasteiger partial charge >= 0.3 is 0 Å². The number of benzene rings is 2. The van der Waals surface area contributed by atoms with Crippen molar-refractivity contribution in [3.05, 3.63) is 77.5 Å². The van der Waals surface area contributed by atoms with E-state index in [0.717, 1.165) is 50.5 Å². The molecule has 2 bridgehead atoms. The van der Waals surface area contributed by atoms with E-state index in [1.807, 2.05) is 12.3 Å². The van der Waals surface area contributed by atoms with Crippen LogP contribution in [0.2, 0.25) is 0 Å². The van der Waals surface area contributed by atoms with Crippen molar-refractivity contribution in [2.45, 2.75) is 69.4 Å². The number of rotatable bonds is 4. The summed E-state index contributed by atoms with van der Waals surface area (Å²) in [5.41, 5.74) is 4.46. The van der Waals surface area contributed by atoms with Crippen LogP contribution in [0.4, 0.5) is 0 Å². The molecule has 2 unspecified atom stereocenters. The zero-order valence-corrected chi connectivity index (χ0v) is 20.1. The molecule has 3 aliphatic heterocycles. The number of fused-ring (bicyclic) bond motifs is 3. The van der Waals surface area contributed by atoms with Crippen LogP contribution in [0.1, 0.15) is 55.2 Å². The topological polar surface area (TPSA) is 42.4 Å². The molecule has 3 saturated heterocycles. The SMILES string of the molecule is Cc1ccc(C2(C(=O)N3C4CCC3CC(Cc3cccc5ncccc35)C4)CCOCC2)cc1. The third-order valence-corrected chi connectivity index (χ3v) is 8.67. The number of hydrogen-bond donors (Lipinski definition) is 0. The summed E-state index contributed by atoms with van der Waals surface area (Å²) >= 11 is 0. The number of nitrogens with zero attached hydrogens (tertiary/aromatic N) is 2. The molecule has 2 aromatic carbocycles. The molecule has 0 radical (unpaired) electrons.